The van der Waals surface area contributed by atoms with Crippen LogP contribution >= 0.6 is 0 Å². The van der Waals surface area contributed by atoms with Crippen molar-refractivity contribution in [3.8, 4) is 6.07 Å². The van der Waals surface area contributed by atoms with E-state index >= 15 is 0 Å². The Morgan fingerprint density at radius 3 is 2.40 bits per heavy atom. The molecule has 0 aliphatic carbocycles. The average Bonchev–Trinajstić information content (AvgIpc) is 2.87. The second-order valence-corrected chi connectivity index (χ2v) is 6.40. The summed E-state index contributed by atoms with van der Waals surface area (Å²) in [5.74, 6) is 0. The topological polar surface area (TPSA) is 65.8 Å². The van der Waals surface area contributed by atoms with Crippen molar-refractivity contribution in [3.05, 3.63) is 0 Å². The Morgan fingerprint density at radius 1 is 1.30 bits per heavy atom. The van der Waals surface area contributed by atoms with Crippen LogP contribution in [0.5, 0.6) is 0 Å². The fourth-order valence-electron chi connectivity index (χ4n) is 2.61. The predicted octanol–water partition coefficient (Wildman–Crippen LogP) is 1.22. The van der Waals surface area contributed by atoms with Gasteiger partial charge in [0, 0.05) is 39.2 Å². The van der Waals surface area contributed by atoms with Gasteiger partial charge in [-0.2, -0.15) is 5.26 Å². The number of piperazine rings is 1. The third-order valence-corrected chi connectivity index (χ3v) is 3.75. The van der Waals surface area contributed by atoms with E-state index < -0.39 is 11.1 Å². The molecule has 0 spiro atoms. The van der Waals surface area contributed by atoms with Gasteiger partial charge >= 0.3 is 6.09 Å². The van der Waals surface area contributed by atoms with Gasteiger partial charge in [-0.25, -0.2) is 4.79 Å². The van der Waals surface area contributed by atoms with E-state index in [9.17, 15) is 10.1 Å². The number of carbonyl (C=O) groups is 1. The maximum absolute atomic E-state index is 12.0. The van der Waals surface area contributed by atoms with Gasteiger partial charge in [-0.05, 0) is 20.8 Å². The molecule has 6 nitrogen and oxygen atoms in total. The summed E-state index contributed by atoms with van der Waals surface area (Å²) >= 11 is 0. The van der Waals surface area contributed by atoms with Gasteiger partial charge < -0.3 is 14.4 Å². The molecule has 1 unspecified atom stereocenters. The second kappa shape index (κ2) is 5.58. The van der Waals surface area contributed by atoms with E-state index in [2.05, 4.69) is 11.0 Å². The van der Waals surface area contributed by atoms with Crippen molar-refractivity contribution in [2.24, 2.45) is 0 Å². The van der Waals surface area contributed by atoms with Gasteiger partial charge in [0.1, 0.15) is 11.1 Å². The zero-order valence-corrected chi connectivity index (χ0v) is 12.5. The molecule has 20 heavy (non-hydrogen) atoms. The normalized spacial score (nSPS) is 28.2. The van der Waals surface area contributed by atoms with Gasteiger partial charge in [0.2, 0.25) is 0 Å². The van der Waals surface area contributed by atoms with Gasteiger partial charge in [0.15, 0.2) is 0 Å². The summed E-state index contributed by atoms with van der Waals surface area (Å²) in [4.78, 5) is 15.8. The lowest BCUT2D eigenvalue weighted by Gasteiger charge is -2.41. The first-order valence-electron chi connectivity index (χ1n) is 7.08. The van der Waals surface area contributed by atoms with Gasteiger partial charge in [-0.15, -0.1) is 0 Å². The van der Waals surface area contributed by atoms with Gasteiger partial charge in [0.25, 0.3) is 0 Å². The van der Waals surface area contributed by atoms with Crippen LogP contribution in [0.2, 0.25) is 0 Å². The predicted molar refractivity (Wildman–Crippen MR) is 73.2 cm³/mol. The maximum atomic E-state index is 12.0. The minimum absolute atomic E-state index is 0.272. The highest BCUT2D eigenvalue weighted by molar-refractivity contribution is 5.68. The van der Waals surface area contributed by atoms with Crippen LogP contribution in [0.15, 0.2) is 0 Å². The van der Waals surface area contributed by atoms with Crippen molar-refractivity contribution in [1.29, 1.82) is 5.26 Å². The molecule has 0 aromatic heterocycles. The van der Waals surface area contributed by atoms with E-state index in [1.165, 1.54) is 0 Å². The number of amides is 1. The van der Waals surface area contributed by atoms with E-state index in [-0.39, 0.29) is 6.09 Å². The number of nitriles is 1. The van der Waals surface area contributed by atoms with Crippen LogP contribution in [0, 0.1) is 11.3 Å². The third kappa shape index (κ3) is 3.22. The number of hydrogen-bond donors (Lipinski definition) is 0. The Labute approximate surface area is 120 Å². The van der Waals surface area contributed by atoms with Crippen LogP contribution in [0.1, 0.15) is 27.2 Å². The van der Waals surface area contributed by atoms with Crippen LogP contribution in [0.4, 0.5) is 4.79 Å². The Kier molecular flexibility index (Phi) is 4.21. The zero-order chi connectivity index (χ0) is 14.8. The third-order valence-electron chi connectivity index (χ3n) is 3.75. The molecule has 2 fully saturated rings. The monoisotopic (exact) mass is 281 g/mol. The molecular formula is C14H23N3O3. The van der Waals surface area contributed by atoms with Crippen LogP contribution in [-0.2, 0) is 9.47 Å². The standard InChI is InChI=1S/C14H23N3O3/c1-13(2,3)20-12(18)16-5-7-17(8-6-16)14(10-15)4-9-19-11-14/h4-9,11H2,1-3H3. The first-order valence-corrected chi connectivity index (χ1v) is 7.08. The van der Waals surface area contributed by atoms with E-state index in [4.69, 9.17) is 9.47 Å². The second-order valence-electron chi connectivity index (χ2n) is 6.40. The fourth-order valence-corrected chi connectivity index (χ4v) is 2.61. The summed E-state index contributed by atoms with van der Waals surface area (Å²) in [7, 11) is 0. The molecule has 2 aliphatic heterocycles. The summed E-state index contributed by atoms with van der Waals surface area (Å²) in [5.41, 5.74) is -0.971. The molecule has 1 atom stereocenters. The van der Waals surface area contributed by atoms with Gasteiger partial charge in [0.05, 0.1) is 12.7 Å². The van der Waals surface area contributed by atoms with Gasteiger partial charge in [-0.3, -0.25) is 4.90 Å². The summed E-state index contributed by atoms with van der Waals surface area (Å²) in [6.45, 7) is 9.27. The van der Waals surface area contributed by atoms with Crippen LogP contribution < -0.4 is 0 Å². The Morgan fingerprint density at radius 2 is 1.95 bits per heavy atom. The summed E-state index contributed by atoms with van der Waals surface area (Å²) in [6, 6.07) is 2.40. The largest absolute Gasteiger partial charge is 0.444 e. The van der Waals surface area contributed by atoms with Crippen molar-refractivity contribution in [2.75, 3.05) is 39.4 Å². The zero-order valence-electron chi connectivity index (χ0n) is 12.5. The molecule has 2 saturated heterocycles. The molecule has 6 heteroatoms. The number of hydrogen-bond acceptors (Lipinski definition) is 5. The maximum Gasteiger partial charge on any atom is 0.410 e. The van der Waals surface area contributed by atoms with E-state index in [1.54, 1.807) is 4.90 Å². The first kappa shape index (κ1) is 15.1. The molecule has 0 saturated carbocycles. The van der Waals surface area contributed by atoms with Crippen molar-refractivity contribution in [2.45, 2.75) is 38.3 Å². The minimum atomic E-state index is -0.500. The minimum Gasteiger partial charge on any atom is -0.444 e. The summed E-state index contributed by atoms with van der Waals surface area (Å²) in [6.07, 6.45) is 0.474. The molecule has 0 radical (unpaired) electrons. The summed E-state index contributed by atoms with van der Waals surface area (Å²) in [5, 5.41) is 9.42. The molecular weight excluding hydrogens is 258 g/mol. The van der Waals surface area contributed by atoms with Crippen LogP contribution in [-0.4, -0.2) is 66.4 Å². The van der Waals surface area contributed by atoms with E-state index in [0.717, 1.165) is 6.42 Å². The molecule has 2 aliphatic rings. The highest BCUT2D eigenvalue weighted by atomic mass is 16.6. The molecule has 1 amide bonds. The molecule has 2 rings (SSSR count). The Hall–Kier alpha value is -1.32. The smallest absolute Gasteiger partial charge is 0.410 e. The average molecular weight is 281 g/mol. The van der Waals surface area contributed by atoms with Crippen molar-refractivity contribution < 1.29 is 14.3 Å². The molecule has 112 valence electrons. The van der Waals surface area contributed by atoms with Crippen LogP contribution in [0.3, 0.4) is 0 Å². The fraction of sp³-hybridized carbons (Fsp3) is 0.857. The molecule has 2 heterocycles. The highest BCUT2D eigenvalue weighted by Crippen LogP contribution is 2.27. The van der Waals surface area contributed by atoms with Crippen molar-refractivity contribution in [3.63, 3.8) is 0 Å². The quantitative estimate of drug-likeness (QED) is 0.723. The molecule has 0 aromatic rings. The number of ether oxygens (including phenoxy) is 2. The molecule has 0 bridgehead atoms. The highest BCUT2D eigenvalue weighted by Gasteiger charge is 2.42. The van der Waals surface area contributed by atoms with Crippen molar-refractivity contribution >= 4 is 6.09 Å². The first-order chi connectivity index (χ1) is 9.36. The van der Waals surface area contributed by atoms with E-state index in [1.807, 2.05) is 20.8 Å². The Bertz CT molecular complexity index is 397. The molecule has 0 aromatic carbocycles. The summed E-state index contributed by atoms with van der Waals surface area (Å²) < 4.78 is 10.7. The van der Waals surface area contributed by atoms with Crippen molar-refractivity contribution in [1.82, 2.24) is 9.80 Å². The lowest BCUT2D eigenvalue weighted by molar-refractivity contribution is 0.00336. The number of nitrogens with zero attached hydrogens (tertiary/aromatic N) is 3. The number of carbonyl (C=O) groups excluding carboxylic acids is 1. The number of rotatable bonds is 1. The van der Waals surface area contributed by atoms with Gasteiger partial charge in [-0.1, -0.05) is 0 Å². The molecule has 0 N–H and O–H groups in total. The van der Waals surface area contributed by atoms with Crippen LogP contribution in [0.25, 0.3) is 0 Å². The Balaban J connectivity index is 1.89. The SMILES string of the molecule is CC(C)(C)OC(=O)N1CCN(C2(C#N)CCOC2)CC1. The lowest BCUT2D eigenvalue weighted by Crippen LogP contribution is -2.58. The van der Waals surface area contributed by atoms with E-state index in [0.29, 0.717) is 39.4 Å². The lowest BCUT2D eigenvalue weighted by atomic mass is 9.97.